The fourth-order valence-corrected chi connectivity index (χ4v) is 0.510. The van der Waals surface area contributed by atoms with Crippen LogP contribution in [0.1, 0.15) is 13.8 Å². The van der Waals surface area contributed by atoms with E-state index in [9.17, 15) is 0 Å². The quantitative estimate of drug-likeness (QED) is 0.453. The van der Waals surface area contributed by atoms with Crippen LogP contribution in [0.3, 0.4) is 0 Å². The van der Waals surface area contributed by atoms with Gasteiger partial charge in [0.05, 0.1) is 0 Å². The van der Waals surface area contributed by atoms with Crippen molar-refractivity contribution in [3.63, 3.8) is 0 Å². The van der Waals surface area contributed by atoms with Gasteiger partial charge in [0.25, 0.3) is 0 Å². The maximum atomic E-state index is 4.88. The van der Waals surface area contributed by atoms with Gasteiger partial charge in [-0.05, 0) is 12.0 Å². The summed E-state index contributed by atoms with van der Waals surface area (Å²) in [7, 11) is 0. The summed E-state index contributed by atoms with van der Waals surface area (Å²) in [6.07, 6.45) is 2.14. The third-order valence-corrected chi connectivity index (χ3v) is 0.830. The molecule has 0 bridgehead atoms. The maximum Gasteiger partial charge on any atom is 0.145 e. The van der Waals surface area contributed by atoms with Gasteiger partial charge in [0.15, 0.2) is 0 Å². The second-order valence-electron chi connectivity index (χ2n) is 2.17. The van der Waals surface area contributed by atoms with E-state index in [4.69, 9.17) is 4.74 Å². The third kappa shape index (κ3) is 1.62. The first kappa shape index (κ1) is 4.69. The zero-order valence-electron chi connectivity index (χ0n) is 4.77. The standard InChI is InChI=1S/C6H10O/c1-5(2)3-6-4-7-6/h3,5H,4H2,1-2H3. The topological polar surface area (TPSA) is 12.5 Å². The van der Waals surface area contributed by atoms with E-state index in [0.717, 1.165) is 12.4 Å². The Hall–Kier alpha value is -0.460. The summed E-state index contributed by atoms with van der Waals surface area (Å²) in [6.45, 7) is 5.17. The van der Waals surface area contributed by atoms with E-state index < -0.39 is 0 Å². The van der Waals surface area contributed by atoms with Gasteiger partial charge < -0.3 is 4.74 Å². The Morgan fingerprint density at radius 3 is 2.43 bits per heavy atom. The molecule has 1 fully saturated rings. The van der Waals surface area contributed by atoms with Crippen LogP contribution in [0, 0.1) is 5.92 Å². The highest BCUT2D eigenvalue weighted by molar-refractivity contribution is 5.05. The summed E-state index contributed by atoms with van der Waals surface area (Å²) in [5, 5.41) is 0. The van der Waals surface area contributed by atoms with Crippen molar-refractivity contribution in [2.45, 2.75) is 13.8 Å². The predicted molar refractivity (Wildman–Crippen MR) is 28.9 cm³/mol. The van der Waals surface area contributed by atoms with Crippen LogP contribution in [0.4, 0.5) is 0 Å². The Morgan fingerprint density at radius 2 is 2.29 bits per heavy atom. The molecule has 1 nitrogen and oxygen atoms in total. The van der Waals surface area contributed by atoms with Crippen LogP contribution < -0.4 is 0 Å². The second-order valence-corrected chi connectivity index (χ2v) is 2.17. The first-order chi connectivity index (χ1) is 3.29. The Labute approximate surface area is 44.0 Å². The molecule has 1 rings (SSSR count). The highest BCUT2D eigenvalue weighted by Crippen LogP contribution is 2.15. The smallest absolute Gasteiger partial charge is 0.145 e. The largest absolute Gasteiger partial charge is 0.487 e. The summed E-state index contributed by atoms with van der Waals surface area (Å²) in [5.74, 6) is 1.81. The minimum Gasteiger partial charge on any atom is -0.487 e. The third-order valence-electron chi connectivity index (χ3n) is 0.830. The van der Waals surface area contributed by atoms with Crippen molar-refractivity contribution in [3.8, 4) is 0 Å². The van der Waals surface area contributed by atoms with Crippen LogP contribution in [0.2, 0.25) is 0 Å². The SMILES string of the molecule is CC(C)C=C1CO1. The predicted octanol–water partition coefficient (Wildman–Crippen LogP) is 1.56. The molecule has 1 aliphatic heterocycles. The molecule has 1 saturated heterocycles. The number of hydrogen-bond acceptors (Lipinski definition) is 1. The van der Waals surface area contributed by atoms with Crippen LogP contribution in [0.5, 0.6) is 0 Å². The van der Waals surface area contributed by atoms with E-state index in [2.05, 4.69) is 19.9 Å². The molecule has 1 heteroatoms. The van der Waals surface area contributed by atoms with Gasteiger partial charge in [-0.25, -0.2) is 0 Å². The molecule has 0 saturated carbocycles. The van der Waals surface area contributed by atoms with Crippen LogP contribution in [0.25, 0.3) is 0 Å². The fourth-order valence-electron chi connectivity index (χ4n) is 0.510. The van der Waals surface area contributed by atoms with E-state index in [1.807, 2.05) is 0 Å². The first-order valence-electron chi connectivity index (χ1n) is 2.62. The molecule has 0 aromatic rings. The van der Waals surface area contributed by atoms with E-state index in [1.54, 1.807) is 0 Å². The van der Waals surface area contributed by atoms with Gasteiger partial charge in [-0.2, -0.15) is 0 Å². The van der Waals surface area contributed by atoms with Crippen molar-refractivity contribution in [1.29, 1.82) is 0 Å². The van der Waals surface area contributed by atoms with Crippen molar-refractivity contribution in [2.75, 3.05) is 6.61 Å². The molecule has 0 spiro atoms. The molecule has 0 N–H and O–H groups in total. The lowest BCUT2D eigenvalue weighted by molar-refractivity contribution is 0.506. The Morgan fingerprint density at radius 1 is 1.71 bits per heavy atom. The van der Waals surface area contributed by atoms with Crippen molar-refractivity contribution in [1.82, 2.24) is 0 Å². The van der Waals surface area contributed by atoms with Crippen LogP contribution in [-0.4, -0.2) is 6.61 Å². The van der Waals surface area contributed by atoms with Gasteiger partial charge in [-0.3, -0.25) is 0 Å². The number of hydrogen-bond donors (Lipinski definition) is 0. The summed E-state index contributed by atoms with van der Waals surface area (Å²) >= 11 is 0. The molecule has 0 aromatic heterocycles. The number of rotatable bonds is 1. The van der Waals surface area contributed by atoms with Gasteiger partial charge in [-0.15, -0.1) is 0 Å². The highest BCUT2D eigenvalue weighted by Gasteiger charge is 2.11. The highest BCUT2D eigenvalue weighted by atomic mass is 16.6. The van der Waals surface area contributed by atoms with E-state index in [1.165, 1.54) is 0 Å². The number of ether oxygens (including phenoxy) is 1. The molecule has 40 valence electrons. The lowest BCUT2D eigenvalue weighted by Gasteiger charge is -1.85. The molecule has 0 atom stereocenters. The summed E-state index contributed by atoms with van der Waals surface area (Å²) in [4.78, 5) is 0. The molecular weight excluding hydrogens is 88.1 g/mol. The van der Waals surface area contributed by atoms with Gasteiger partial charge in [-0.1, -0.05) is 13.8 Å². The normalized spacial score (nSPS) is 23.0. The first-order valence-corrected chi connectivity index (χ1v) is 2.62. The molecule has 1 heterocycles. The lowest BCUT2D eigenvalue weighted by atomic mass is 10.2. The van der Waals surface area contributed by atoms with Crippen LogP contribution >= 0.6 is 0 Å². The van der Waals surface area contributed by atoms with Crippen LogP contribution in [-0.2, 0) is 4.74 Å². The second kappa shape index (κ2) is 1.57. The Kier molecular flexibility index (Phi) is 1.05. The summed E-state index contributed by atoms with van der Waals surface area (Å²) in [6, 6.07) is 0. The van der Waals surface area contributed by atoms with Crippen LogP contribution in [0.15, 0.2) is 11.8 Å². The summed E-state index contributed by atoms with van der Waals surface area (Å²) < 4.78 is 4.88. The molecular formula is C6H10O. The van der Waals surface area contributed by atoms with E-state index in [0.29, 0.717) is 5.92 Å². The van der Waals surface area contributed by atoms with E-state index >= 15 is 0 Å². The summed E-state index contributed by atoms with van der Waals surface area (Å²) in [5.41, 5.74) is 0. The van der Waals surface area contributed by atoms with Gasteiger partial charge in [0, 0.05) is 0 Å². The molecule has 0 radical (unpaired) electrons. The molecule has 0 aromatic carbocycles. The molecule has 7 heavy (non-hydrogen) atoms. The minimum absolute atomic E-state index is 0.650. The molecule has 0 amide bonds. The Balaban J connectivity index is 2.30. The zero-order valence-corrected chi connectivity index (χ0v) is 4.77. The lowest BCUT2D eigenvalue weighted by Crippen LogP contribution is -1.74. The molecule has 0 unspecified atom stereocenters. The minimum atomic E-state index is 0.650. The van der Waals surface area contributed by atoms with Crippen molar-refractivity contribution in [3.05, 3.63) is 11.8 Å². The monoisotopic (exact) mass is 98.1 g/mol. The van der Waals surface area contributed by atoms with Gasteiger partial charge >= 0.3 is 0 Å². The average molecular weight is 98.1 g/mol. The van der Waals surface area contributed by atoms with Gasteiger partial charge in [0.2, 0.25) is 0 Å². The molecule has 0 aliphatic carbocycles. The Bertz CT molecular complexity index is 86.4. The maximum absolute atomic E-state index is 4.88. The molecule has 1 aliphatic rings. The van der Waals surface area contributed by atoms with Crippen molar-refractivity contribution < 1.29 is 4.74 Å². The van der Waals surface area contributed by atoms with Crippen molar-refractivity contribution >= 4 is 0 Å². The average Bonchev–Trinajstić information content (AvgIpc) is 2.17. The number of epoxide rings is 1. The van der Waals surface area contributed by atoms with Gasteiger partial charge in [0.1, 0.15) is 12.4 Å². The number of allylic oxidation sites excluding steroid dienone is 1. The van der Waals surface area contributed by atoms with Crippen molar-refractivity contribution in [2.24, 2.45) is 5.92 Å². The fraction of sp³-hybridized carbons (Fsp3) is 0.667. The zero-order chi connectivity index (χ0) is 5.28. The van der Waals surface area contributed by atoms with E-state index in [-0.39, 0.29) is 0 Å².